The highest BCUT2D eigenvalue weighted by Gasteiger charge is 2.34. The number of morpholine rings is 1. The molecule has 0 bridgehead atoms. The summed E-state index contributed by atoms with van der Waals surface area (Å²) in [5.74, 6) is 3.26. The maximum absolute atomic E-state index is 12.6. The van der Waals surface area contributed by atoms with Crippen molar-refractivity contribution in [3.63, 3.8) is 0 Å². The van der Waals surface area contributed by atoms with Gasteiger partial charge in [0.25, 0.3) is 0 Å². The Bertz CT molecular complexity index is 5560. The van der Waals surface area contributed by atoms with Gasteiger partial charge in [-0.3, -0.25) is 27.2 Å². The van der Waals surface area contributed by atoms with Crippen molar-refractivity contribution in [2.75, 3.05) is 85.2 Å². The maximum Gasteiger partial charge on any atom is 0.328 e. The molecule has 12 heterocycles. The Balaban J connectivity index is 0.000000136. The molecule has 4 unspecified atom stereocenters. The summed E-state index contributed by atoms with van der Waals surface area (Å²) in [6, 6.07) is 29.5. The van der Waals surface area contributed by atoms with Crippen LogP contribution in [0.2, 0.25) is 40.2 Å². The number of pyridine rings is 4. The highest BCUT2D eigenvalue weighted by atomic mass is 35.5. The van der Waals surface area contributed by atoms with Crippen LogP contribution in [0.3, 0.4) is 0 Å². The lowest BCUT2D eigenvalue weighted by Gasteiger charge is -2.36. The number of anilines is 4. The summed E-state index contributed by atoms with van der Waals surface area (Å²) in [6.45, 7) is 17.8. The third-order valence-corrected chi connectivity index (χ3v) is 23.7. The molecule has 117 heavy (non-hydrogen) atoms. The van der Waals surface area contributed by atoms with Gasteiger partial charge in [-0.05, 0) is 175 Å². The van der Waals surface area contributed by atoms with Crippen molar-refractivity contribution in [1.29, 1.82) is 0 Å². The molecule has 4 aromatic carbocycles. The zero-order chi connectivity index (χ0) is 82.9. The number of carbonyl (C=O) groups is 3. The van der Waals surface area contributed by atoms with Crippen molar-refractivity contribution in [3.05, 3.63) is 209 Å². The molecule has 0 amide bonds. The lowest BCUT2D eigenvalue weighted by molar-refractivity contribution is -0.149. The number of rotatable bonds is 18. The zero-order valence-electron chi connectivity index (χ0n) is 65.6. The molecule has 8 aromatic heterocycles. The molecule has 616 valence electrons. The first kappa shape index (κ1) is 86.2. The summed E-state index contributed by atoms with van der Waals surface area (Å²) in [4.78, 5) is 64.0. The van der Waals surface area contributed by atoms with E-state index < -0.39 is 0 Å². The summed E-state index contributed by atoms with van der Waals surface area (Å²) >= 11 is 50.2. The second-order valence-corrected chi connectivity index (χ2v) is 32.6. The first-order valence-corrected chi connectivity index (χ1v) is 42.3. The van der Waals surface area contributed by atoms with Crippen molar-refractivity contribution in [2.45, 2.75) is 124 Å². The maximum atomic E-state index is 12.6. The number of esters is 3. The third kappa shape index (κ3) is 19.5. The Hall–Kier alpha value is -8.63. The molecule has 4 aliphatic rings. The molecule has 16 rings (SSSR count). The van der Waals surface area contributed by atoms with E-state index in [1.807, 2.05) is 140 Å². The molecule has 0 spiro atoms. The van der Waals surface area contributed by atoms with E-state index in [0.29, 0.717) is 92.7 Å². The van der Waals surface area contributed by atoms with Gasteiger partial charge < -0.3 is 61.5 Å². The average molecular weight is 1750 g/mol. The lowest BCUT2D eigenvalue weighted by atomic mass is 9.97. The Morgan fingerprint density at radius 1 is 0.385 bits per heavy atom. The van der Waals surface area contributed by atoms with Gasteiger partial charge in [-0.15, -0.1) is 0 Å². The Kier molecular flexibility index (Phi) is 28.8. The predicted molar refractivity (Wildman–Crippen MR) is 471 cm³/mol. The number of halogens is 8. The Morgan fingerprint density at radius 2 is 0.735 bits per heavy atom. The van der Waals surface area contributed by atoms with Crippen LogP contribution in [0.15, 0.2) is 147 Å². The standard InChI is InChI=1S/3C22H24Cl2N4O2.C20H22Cl2N4O/c1-2-30-22(29)14-5-7-27(8-6-14)21-12-26-20-9-15(11-25)18(13-28(20)21)17-4-3-16(23)10-19(17)24;1-2-30-22(29)14-4-3-7-27(12-14)21-11-26-20-8-15(10-25)18(13-28(20)21)17-6-5-16(23)9-19(17)24;1-2-30-22(29)19-5-3-4-8-27(19)21-12-26-20-9-14(11-25)17(13-28(20)21)16-7-6-15(23)10-18(16)24;1-12-9-25(10-13(2)27-12)20-8-24-19-5-14(7-23)17(11-26(19)20)16-4-3-15(21)6-18(16)22/h3-4,9-10,12-14H,2,5-8,11,25H2,1H3;5-6,8-9,11,13-14H,2-4,7,10,12,25H2,1H3;6-7,9-10,12-13,19H,2-5,8,11,25H2,1H3;3-6,8,11-13H,7,9-10,23H2,1-2H3. The van der Waals surface area contributed by atoms with Crippen molar-refractivity contribution in [3.8, 4) is 44.5 Å². The molecular formula is C86H94Cl8N16O7. The summed E-state index contributed by atoms with van der Waals surface area (Å²) in [7, 11) is 0. The summed E-state index contributed by atoms with van der Waals surface area (Å²) < 4.78 is 29.8. The van der Waals surface area contributed by atoms with E-state index in [2.05, 4.69) is 68.4 Å². The Labute approximate surface area is 719 Å². The van der Waals surface area contributed by atoms with Gasteiger partial charge in [0.05, 0.1) is 68.7 Å². The number of fused-ring (bicyclic) bond motifs is 4. The van der Waals surface area contributed by atoms with Gasteiger partial charge >= 0.3 is 17.9 Å². The number of aromatic nitrogens is 8. The number of ether oxygens (including phenoxy) is 4. The number of imidazole rings is 4. The molecule has 31 heteroatoms. The van der Waals surface area contributed by atoms with Crippen LogP contribution in [0.1, 0.15) is 102 Å². The van der Waals surface area contributed by atoms with Crippen molar-refractivity contribution in [1.82, 2.24) is 37.5 Å². The largest absolute Gasteiger partial charge is 0.466 e. The van der Waals surface area contributed by atoms with Gasteiger partial charge in [-0.25, -0.2) is 24.7 Å². The van der Waals surface area contributed by atoms with Crippen LogP contribution in [-0.2, 0) is 59.5 Å². The monoisotopic (exact) mass is 1740 g/mol. The van der Waals surface area contributed by atoms with Gasteiger partial charge in [0.2, 0.25) is 0 Å². The molecule has 0 aliphatic carbocycles. The van der Waals surface area contributed by atoms with Gasteiger partial charge in [-0.2, -0.15) is 0 Å². The van der Waals surface area contributed by atoms with Gasteiger partial charge in [-0.1, -0.05) is 117 Å². The molecule has 4 fully saturated rings. The normalized spacial score (nSPS) is 17.2. The van der Waals surface area contributed by atoms with Crippen molar-refractivity contribution in [2.24, 2.45) is 34.8 Å². The van der Waals surface area contributed by atoms with Crippen LogP contribution in [0.4, 0.5) is 23.3 Å². The number of nitrogens with zero attached hydrogens (tertiary/aromatic N) is 12. The van der Waals surface area contributed by atoms with Crippen LogP contribution in [-0.4, -0.2) is 139 Å². The number of hydrogen-bond acceptors (Lipinski definition) is 19. The fourth-order valence-electron chi connectivity index (χ4n) is 15.9. The fraction of sp³-hybridized carbons (Fsp3) is 0.360. The number of benzene rings is 4. The van der Waals surface area contributed by atoms with E-state index in [4.69, 9.17) is 135 Å². The number of piperidine rings is 3. The minimum atomic E-state index is -0.310. The second-order valence-electron chi connectivity index (χ2n) is 29.2. The average Bonchev–Trinajstić information content (AvgIpc) is 1.69. The molecule has 23 nitrogen and oxygen atoms in total. The lowest BCUT2D eigenvalue weighted by Crippen LogP contribution is -2.46. The summed E-state index contributed by atoms with van der Waals surface area (Å²) in [5, 5.41) is 4.67. The van der Waals surface area contributed by atoms with E-state index in [1.165, 1.54) is 0 Å². The molecule has 0 saturated carbocycles. The first-order chi connectivity index (χ1) is 56.5. The van der Waals surface area contributed by atoms with Crippen LogP contribution < -0.4 is 42.5 Å². The Morgan fingerprint density at radius 3 is 1.11 bits per heavy atom. The van der Waals surface area contributed by atoms with Crippen LogP contribution in [0, 0.1) is 11.8 Å². The number of nitrogens with two attached hydrogens (primary N) is 4. The first-order valence-electron chi connectivity index (χ1n) is 39.3. The van der Waals surface area contributed by atoms with Gasteiger partial charge in [0.15, 0.2) is 0 Å². The highest BCUT2D eigenvalue weighted by molar-refractivity contribution is 6.38. The van der Waals surface area contributed by atoms with E-state index in [-0.39, 0.29) is 48.0 Å². The van der Waals surface area contributed by atoms with Crippen molar-refractivity contribution >= 4 is 157 Å². The third-order valence-electron chi connectivity index (χ3n) is 21.5. The fourth-order valence-corrected chi connectivity index (χ4v) is 17.9. The van der Waals surface area contributed by atoms with E-state index in [9.17, 15) is 14.4 Å². The number of carbonyl (C=O) groups excluding carboxylic acids is 3. The molecule has 8 N–H and O–H groups in total. The second kappa shape index (κ2) is 39.1. The topological polar surface area (TPSA) is 274 Å². The smallest absolute Gasteiger partial charge is 0.328 e. The van der Waals surface area contributed by atoms with E-state index in [0.717, 1.165) is 197 Å². The minimum Gasteiger partial charge on any atom is -0.466 e. The van der Waals surface area contributed by atoms with Gasteiger partial charge in [0, 0.05) is 181 Å². The quantitative estimate of drug-likeness (QED) is 0.0459. The molecule has 12 aromatic rings. The van der Waals surface area contributed by atoms with Gasteiger partial charge in [0.1, 0.15) is 51.9 Å². The van der Waals surface area contributed by atoms with E-state index in [1.54, 1.807) is 30.5 Å². The van der Waals surface area contributed by atoms with Crippen LogP contribution >= 0.6 is 92.8 Å². The minimum absolute atomic E-state index is 0.0346. The molecule has 4 aliphatic heterocycles. The summed E-state index contributed by atoms with van der Waals surface area (Å²) in [5.41, 5.74) is 38.5. The van der Waals surface area contributed by atoms with Crippen LogP contribution in [0.5, 0.6) is 0 Å². The molecule has 0 radical (unpaired) electrons. The van der Waals surface area contributed by atoms with Crippen molar-refractivity contribution < 1.29 is 33.3 Å². The summed E-state index contributed by atoms with van der Waals surface area (Å²) in [6.07, 6.45) is 22.0. The van der Waals surface area contributed by atoms with E-state index >= 15 is 0 Å². The SMILES string of the molecule is CC1CN(c2cnc3cc(CN)c(-c4ccc(Cl)cc4Cl)cn23)CC(C)O1.CCOC(=O)C1CCCCN1c1cnc2cc(CN)c(-c3ccc(Cl)cc3Cl)cn12.CCOC(=O)C1CCCN(c2cnc3cc(CN)c(-c4ccc(Cl)cc4Cl)cn23)C1.CCOC(=O)C1CCN(c2cnc3cc(CN)c(-c4ccc(Cl)cc4Cl)cn23)CC1. The molecular weight excluding hydrogens is 1650 g/mol. The predicted octanol–water partition coefficient (Wildman–Crippen LogP) is 18.2. The highest BCUT2D eigenvalue weighted by Crippen LogP contribution is 2.41. The number of hydrogen-bond donors (Lipinski definition) is 4. The molecule has 4 saturated heterocycles. The zero-order valence-corrected chi connectivity index (χ0v) is 71.7. The van der Waals surface area contributed by atoms with Crippen LogP contribution in [0.25, 0.3) is 67.1 Å². The molecule has 4 atom stereocenters.